The van der Waals surface area contributed by atoms with E-state index in [2.05, 4.69) is 4.98 Å². The van der Waals surface area contributed by atoms with Crippen LogP contribution in [0.5, 0.6) is 0 Å². The maximum atomic E-state index is 9.41. The first-order chi connectivity index (χ1) is 13.6. The van der Waals surface area contributed by atoms with Gasteiger partial charge in [-0.2, -0.15) is 5.26 Å². The lowest BCUT2D eigenvalue weighted by molar-refractivity contribution is 1.27. The number of nitrogens with zero attached hydrogens (tertiary/aromatic N) is 2. The topological polar surface area (TPSA) is 84.4 Å². The fourth-order valence-corrected chi connectivity index (χ4v) is 2.61. The first-order valence-corrected chi connectivity index (χ1v) is 9.22. The molecule has 0 amide bonds. The van der Waals surface area contributed by atoms with Crippen molar-refractivity contribution in [3.8, 4) is 6.07 Å². The molecule has 2 rings (SSSR count). The number of pyridine rings is 1. The summed E-state index contributed by atoms with van der Waals surface area (Å²) in [5.41, 5.74) is 2.88. The van der Waals surface area contributed by atoms with E-state index >= 15 is 0 Å². The molecule has 0 aliphatic carbocycles. The van der Waals surface area contributed by atoms with Gasteiger partial charge in [0, 0.05) is 22.9 Å². The average Bonchev–Trinajstić information content (AvgIpc) is 2.77. The van der Waals surface area contributed by atoms with E-state index in [1.54, 1.807) is 18.3 Å². The second-order valence-corrected chi connectivity index (χ2v) is 5.44. The van der Waals surface area contributed by atoms with Gasteiger partial charge in [-0.3, -0.25) is 15.8 Å². The number of benzene rings is 1. The monoisotopic (exact) mass is 386 g/mol. The fourth-order valence-electron chi connectivity index (χ4n) is 2.61. The van der Waals surface area contributed by atoms with E-state index in [9.17, 15) is 5.26 Å². The largest absolute Gasteiger partial charge is 0.300 e. The Morgan fingerprint density at radius 2 is 1.62 bits per heavy atom. The summed E-state index contributed by atoms with van der Waals surface area (Å²) in [5, 5.41) is 26.4. The zero-order valence-corrected chi connectivity index (χ0v) is 16.8. The van der Waals surface area contributed by atoms with Crippen molar-refractivity contribution in [2.45, 2.75) is 35.1 Å². The molecule has 29 heavy (non-hydrogen) atoms. The molecule has 0 aliphatic heterocycles. The normalized spacial score (nSPS) is 11.3. The van der Waals surface area contributed by atoms with Gasteiger partial charge in [0.2, 0.25) is 0 Å². The lowest BCUT2D eigenvalue weighted by Gasteiger charge is -2.16. The van der Waals surface area contributed by atoms with Crippen LogP contribution in [0.2, 0.25) is 0 Å². The minimum absolute atomic E-state index is 0. The van der Waals surface area contributed by atoms with Crippen molar-refractivity contribution in [1.29, 1.82) is 16.1 Å². The molecule has 0 aliphatic rings. The van der Waals surface area contributed by atoms with Gasteiger partial charge in [0.15, 0.2) is 0 Å². The molecule has 0 atom stereocenters. The third-order valence-corrected chi connectivity index (χ3v) is 3.79. The molecular formula is C25H30N4. The Kier molecular flexibility index (Phi) is 11.9. The molecule has 0 radical (unpaired) electrons. The third-order valence-electron chi connectivity index (χ3n) is 3.79. The SMILES string of the molecule is C.CC.C\C=C/C(=C\C)C(/C(=N)c1ccccc1)=C(/C(=N)C#N)c1ccccn1. The maximum Gasteiger partial charge on any atom is 0.142 e. The molecule has 4 heteroatoms. The lowest BCUT2D eigenvalue weighted by atomic mass is 9.87. The van der Waals surface area contributed by atoms with Gasteiger partial charge in [0.05, 0.1) is 11.4 Å². The molecule has 0 spiro atoms. The van der Waals surface area contributed by atoms with Crippen molar-refractivity contribution in [2.24, 2.45) is 0 Å². The highest BCUT2D eigenvalue weighted by molar-refractivity contribution is 6.36. The second-order valence-electron chi connectivity index (χ2n) is 5.44. The van der Waals surface area contributed by atoms with E-state index in [1.165, 1.54) is 0 Å². The second kappa shape index (κ2) is 13.6. The highest BCUT2D eigenvalue weighted by Crippen LogP contribution is 2.28. The molecule has 1 heterocycles. The molecule has 0 fully saturated rings. The summed E-state index contributed by atoms with van der Waals surface area (Å²) in [6.45, 7) is 7.77. The molecule has 2 N–H and O–H groups in total. The van der Waals surface area contributed by atoms with Gasteiger partial charge >= 0.3 is 0 Å². The van der Waals surface area contributed by atoms with Crippen molar-refractivity contribution >= 4 is 17.0 Å². The van der Waals surface area contributed by atoms with Crippen LogP contribution in [0.1, 0.15) is 46.4 Å². The quantitative estimate of drug-likeness (QED) is 0.431. The van der Waals surface area contributed by atoms with Gasteiger partial charge in [-0.05, 0) is 31.6 Å². The van der Waals surface area contributed by atoms with Crippen LogP contribution in [-0.4, -0.2) is 16.4 Å². The van der Waals surface area contributed by atoms with Gasteiger partial charge in [-0.25, -0.2) is 0 Å². The Morgan fingerprint density at radius 1 is 1.00 bits per heavy atom. The Balaban J connectivity index is 0.00000253. The molecule has 1 aromatic heterocycles. The van der Waals surface area contributed by atoms with E-state index in [4.69, 9.17) is 10.8 Å². The van der Waals surface area contributed by atoms with Crippen LogP contribution < -0.4 is 0 Å². The number of hydrogen-bond donors (Lipinski definition) is 2. The van der Waals surface area contributed by atoms with Crippen LogP contribution in [-0.2, 0) is 0 Å². The van der Waals surface area contributed by atoms with Crippen molar-refractivity contribution in [3.63, 3.8) is 0 Å². The first-order valence-electron chi connectivity index (χ1n) is 9.22. The van der Waals surface area contributed by atoms with E-state index in [0.29, 0.717) is 22.4 Å². The van der Waals surface area contributed by atoms with E-state index in [-0.39, 0.29) is 18.9 Å². The van der Waals surface area contributed by atoms with E-state index in [0.717, 1.165) is 5.57 Å². The zero-order chi connectivity index (χ0) is 20.9. The van der Waals surface area contributed by atoms with Crippen LogP contribution in [0, 0.1) is 22.1 Å². The minimum atomic E-state index is -0.219. The van der Waals surface area contributed by atoms with Crippen molar-refractivity contribution < 1.29 is 0 Å². The Labute approximate surface area is 175 Å². The third kappa shape index (κ3) is 6.51. The highest BCUT2D eigenvalue weighted by atomic mass is 14.7. The van der Waals surface area contributed by atoms with E-state index in [1.807, 2.05) is 88.4 Å². The summed E-state index contributed by atoms with van der Waals surface area (Å²) < 4.78 is 0. The minimum Gasteiger partial charge on any atom is -0.300 e. The Hall–Kier alpha value is -3.58. The van der Waals surface area contributed by atoms with Gasteiger partial charge in [0.1, 0.15) is 11.8 Å². The number of nitriles is 1. The molecule has 4 nitrogen and oxygen atoms in total. The van der Waals surface area contributed by atoms with Crippen LogP contribution >= 0.6 is 0 Å². The van der Waals surface area contributed by atoms with Gasteiger partial charge < -0.3 is 0 Å². The molecule has 0 bridgehead atoms. The molecular weight excluding hydrogens is 356 g/mol. The summed E-state index contributed by atoms with van der Waals surface area (Å²) in [4.78, 5) is 4.32. The average molecular weight is 387 g/mol. The first kappa shape index (κ1) is 25.4. The molecule has 0 saturated carbocycles. The number of hydrogen-bond acceptors (Lipinski definition) is 4. The van der Waals surface area contributed by atoms with Gasteiger partial charge in [-0.15, -0.1) is 0 Å². The summed E-state index contributed by atoms with van der Waals surface area (Å²) in [6, 6.07) is 16.6. The summed E-state index contributed by atoms with van der Waals surface area (Å²) >= 11 is 0. The Morgan fingerprint density at radius 3 is 2.10 bits per heavy atom. The summed E-state index contributed by atoms with van der Waals surface area (Å²) in [6.07, 6.45) is 7.25. The predicted octanol–water partition coefficient (Wildman–Crippen LogP) is 6.63. The van der Waals surface area contributed by atoms with Crippen LogP contribution in [0.15, 0.2) is 84.1 Å². The van der Waals surface area contributed by atoms with Crippen molar-refractivity contribution in [3.05, 3.63) is 95.4 Å². The summed E-state index contributed by atoms with van der Waals surface area (Å²) in [5.74, 6) is 0. The smallest absolute Gasteiger partial charge is 0.142 e. The summed E-state index contributed by atoms with van der Waals surface area (Å²) in [7, 11) is 0. The van der Waals surface area contributed by atoms with Crippen LogP contribution in [0.25, 0.3) is 5.57 Å². The number of aromatic nitrogens is 1. The molecule has 1 aromatic carbocycles. The van der Waals surface area contributed by atoms with E-state index < -0.39 is 0 Å². The van der Waals surface area contributed by atoms with Crippen molar-refractivity contribution in [1.82, 2.24) is 4.98 Å². The maximum absolute atomic E-state index is 9.41. The fraction of sp³-hybridized carbons (Fsp3) is 0.200. The number of allylic oxidation sites excluding steroid dienone is 6. The van der Waals surface area contributed by atoms with Crippen LogP contribution in [0.3, 0.4) is 0 Å². The van der Waals surface area contributed by atoms with Gasteiger partial charge in [0.25, 0.3) is 0 Å². The molecule has 150 valence electrons. The van der Waals surface area contributed by atoms with Gasteiger partial charge in [-0.1, -0.05) is 75.9 Å². The number of nitrogens with one attached hydrogen (secondary N) is 2. The predicted molar refractivity (Wildman–Crippen MR) is 124 cm³/mol. The van der Waals surface area contributed by atoms with Crippen LogP contribution in [0.4, 0.5) is 0 Å². The molecule has 0 saturated heterocycles. The standard InChI is InChI=1S/C22H20N4.C2H6.CH4/c1-3-10-16(4-2)20(22(25)17-11-6-5-7-12-17)21(18(24)15-23)19-13-8-9-14-26-19;1-2;/h3-14,24-25H,1-2H3;1-2H3;1H4/b10-3-,16-4+,21-20+,24-18?,25-22?;;. The molecule has 2 aromatic rings. The van der Waals surface area contributed by atoms with Crippen molar-refractivity contribution in [2.75, 3.05) is 0 Å². The number of rotatable bonds is 6. The highest BCUT2D eigenvalue weighted by Gasteiger charge is 2.21. The molecule has 0 unspecified atom stereocenters. The lowest BCUT2D eigenvalue weighted by Crippen LogP contribution is -2.13. The zero-order valence-electron chi connectivity index (χ0n) is 16.8. The Bertz CT molecular complexity index is 928.